The second-order valence-electron chi connectivity index (χ2n) is 5.61. The highest BCUT2D eigenvalue weighted by Gasteiger charge is 2.28. The highest BCUT2D eigenvalue weighted by Crippen LogP contribution is 2.22. The Hall–Kier alpha value is -2.41. The van der Waals surface area contributed by atoms with Crippen LogP contribution in [-0.2, 0) is 4.74 Å². The van der Waals surface area contributed by atoms with Gasteiger partial charge in [0.1, 0.15) is 18.3 Å². The molecule has 7 nitrogen and oxygen atoms in total. The highest BCUT2D eigenvalue weighted by molar-refractivity contribution is 5.95. The van der Waals surface area contributed by atoms with Crippen LogP contribution in [0.4, 0.5) is 0 Å². The van der Waals surface area contributed by atoms with Gasteiger partial charge in [0.25, 0.3) is 5.91 Å². The molecule has 7 heteroatoms. The Bertz CT molecular complexity index is 714. The van der Waals surface area contributed by atoms with Crippen molar-refractivity contribution >= 4 is 5.91 Å². The zero-order chi connectivity index (χ0) is 16.4. The van der Waals surface area contributed by atoms with Crippen molar-refractivity contribution < 1.29 is 9.53 Å². The summed E-state index contributed by atoms with van der Waals surface area (Å²) in [5, 5.41) is 0. The molecule has 1 atom stereocenters. The van der Waals surface area contributed by atoms with Crippen LogP contribution in [-0.4, -0.2) is 50.4 Å². The predicted molar refractivity (Wildman–Crippen MR) is 82.9 cm³/mol. The third kappa shape index (κ3) is 3.34. The van der Waals surface area contributed by atoms with Gasteiger partial charge in [0, 0.05) is 18.4 Å². The number of ether oxygens (including phenoxy) is 1. The number of carbonyl (C=O) groups is 1. The third-order valence-electron chi connectivity index (χ3n) is 3.81. The fraction of sp³-hybridized carbons (Fsp3) is 0.438. The Morgan fingerprint density at radius 3 is 2.87 bits per heavy atom. The number of nitrogens with zero attached hydrogens (tertiary/aromatic N) is 5. The number of aryl methyl sites for hydroxylation is 3. The highest BCUT2D eigenvalue weighted by atomic mass is 16.5. The fourth-order valence-electron chi connectivity index (χ4n) is 2.69. The van der Waals surface area contributed by atoms with Crippen molar-refractivity contribution in [1.29, 1.82) is 0 Å². The molecule has 120 valence electrons. The lowest BCUT2D eigenvalue weighted by atomic mass is 10.1. The summed E-state index contributed by atoms with van der Waals surface area (Å²) in [6.07, 6.45) is 2.77. The van der Waals surface area contributed by atoms with Gasteiger partial charge in [-0.1, -0.05) is 0 Å². The van der Waals surface area contributed by atoms with Gasteiger partial charge in [0.05, 0.1) is 30.1 Å². The zero-order valence-electron chi connectivity index (χ0n) is 13.5. The maximum atomic E-state index is 12.7. The molecular formula is C16H19N5O2. The molecule has 0 saturated carbocycles. The smallest absolute Gasteiger partial charge is 0.257 e. The molecule has 23 heavy (non-hydrogen) atoms. The number of carbonyl (C=O) groups excluding carboxylic acids is 1. The SMILES string of the molecule is Cc1cc(C2CN(C(=O)c3cncnc3C)CCO2)nc(C)n1. The van der Waals surface area contributed by atoms with Crippen LogP contribution in [0.2, 0.25) is 0 Å². The summed E-state index contributed by atoms with van der Waals surface area (Å²) in [5.74, 6) is 0.637. The number of amides is 1. The normalized spacial score (nSPS) is 18.0. The van der Waals surface area contributed by atoms with E-state index in [1.807, 2.05) is 26.8 Å². The van der Waals surface area contributed by atoms with Gasteiger partial charge in [-0.05, 0) is 26.8 Å². The Balaban J connectivity index is 1.81. The maximum Gasteiger partial charge on any atom is 0.257 e. The van der Waals surface area contributed by atoms with E-state index in [4.69, 9.17) is 4.74 Å². The van der Waals surface area contributed by atoms with Crippen molar-refractivity contribution in [2.24, 2.45) is 0 Å². The summed E-state index contributed by atoms with van der Waals surface area (Å²) >= 11 is 0. The number of aromatic nitrogens is 4. The van der Waals surface area contributed by atoms with Crippen LogP contribution in [0, 0.1) is 20.8 Å². The molecule has 1 amide bonds. The van der Waals surface area contributed by atoms with E-state index in [1.54, 1.807) is 11.1 Å². The van der Waals surface area contributed by atoms with E-state index in [-0.39, 0.29) is 12.0 Å². The largest absolute Gasteiger partial charge is 0.368 e. The molecule has 2 aromatic rings. The molecule has 2 aromatic heterocycles. The van der Waals surface area contributed by atoms with Crippen molar-refractivity contribution in [2.75, 3.05) is 19.7 Å². The summed E-state index contributed by atoms with van der Waals surface area (Å²) in [6, 6.07) is 1.91. The van der Waals surface area contributed by atoms with Gasteiger partial charge in [-0.3, -0.25) is 4.79 Å². The summed E-state index contributed by atoms with van der Waals surface area (Å²) in [7, 11) is 0. The molecule has 0 spiro atoms. The molecular weight excluding hydrogens is 294 g/mol. The van der Waals surface area contributed by atoms with E-state index < -0.39 is 0 Å². The lowest BCUT2D eigenvalue weighted by molar-refractivity contribution is -0.0249. The summed E-state index contributed by atoms with van der Waals surface area (Å²) in [5.41, 5.74) is 2.92. The van der Waals surface area contributed by atoms with Crippen LogP contribution in [0.15, 0.2) is 18.6 Å². The van der Waals surface area contributed by atoms with E-state index in [9.17, 15) is 4.79 Å². The van der Waals surface area contributed by atoms with Crippen LogP contribution in [0.25, 0.3) is 0 Å². The molecule has 0 radical (unpaired) electrons. The van der Waals surface area contributed by atoms with Crippen LogP contribution < -0.4 is 0 Å². The topological polar surface area (TPSA) is 81.1 Å². The van der Waals surface area contributed by atoms with Crippen LogP contribution in [0.1, 0.15) is 39.4 Å². The minimum absolute atomic E-state index is 0.0705. The van der Waals surface area contributed by atoms with Crippen molar-refractivity contribution in [2.45, 2.75) is 26.9 Å². The predicted octanol–water partition coefficient (Wildman–Crippen LogP) is 1.41. The first-order valence-corrected chi connectivity index (χ1v) is 7.54. The number of hydrogen-bond acceptors (Lipinski definition) is 6. The average Bonchev–Trinajstić information content (AvgIpc) is 2.54. The van der Waals surface area contributed by atoms with E-state index >= 15 is 0 Å². The number of rotatable bonds is 2. The minimum Gasteiger partial charge on any atom is -0.368 e. The van der Waals surface area contributed by atoms with E-state index in [2.05, 4.69) is 19.9 Å². The molecule has 3 rings (SSSR count). The first-order chi connectivity index (χ1) is 11.0. The lowest BCUT2D eigenvalue weighted by Gasteiger charge is -2.33. The second kappa shape index (κ2) is 6.37. The van der Waals surface area contributed by atoms with Gasteiger partial charge in [0.2, 0.25) is 0 Å². The van der Waals surface area contributed by atoms with Gasteiger partial charge >= 0.3 is 0 Å². The molecule has 0 N–H and O–H groups in total. The lowest BCUT2D eigenvalue weighted by Crippen LogP contribution is -2.42. The van der Waals surface area contributed by atoms with Crippen LogP contribution >= 0.6 is 0 Å². The van der Waals surface area contributed by atoms with Crippen LogP contribution in [0.5, 0.6) is 0 Å². The number of morpholine rings is 1. The molecule has 3 heterocycles. The third-order valence-corrected chi connectivity index (χ3v) is 3.81. The zero-order valence-corrected chi connectivity index (χ0v) is 13.5. The molecule has 0 bridgehead atoms. The van der Waals surface area contributed by atoms with Crippen LogP contribution in [0.3, 0.4) is 0 Å². The molecule has 1 unspecified atom stereocenters. The van der Waals surface area contributed by atoms with Crippen molar-refractivity contribution in [3.8, 4) is 0 Å². The molecule has 1 aliphatic heterocycles. The first kappa shape index (κ1) is 15.5. The molecule has 1 aliphatic rings. The van der Waals surface area contributed by atoms with E-state index in [1.165, 1.54) is 6.33 Å². The summed E-state index contributed by atoms with van der Waals surface area (Å²) < 4.78 is 5.81. The van der Waals surface area contributed by atoms with Gasteiger partial charge in [0.15, 0.2) is 0 Å². The van der Waals surface area contributed by atoms with E-state index in [0.717, 1.165) is 11.4 Å². The van der Waals surface area contributed by atoms with Crippen molar-refractivity contribution in [3.63, 3.8) is 0 Å². The Morgan fingerprint density at radius 1 is 1.30 bits per heavy atom. The van der Waals surface area contributed by atoms with E-state index in [0.29, 0.717) is 36.8 Å². The molecule has 0 aliphatic carbocycles. The molecule has 0 aromatic carbocycles. The maximum absolute atomic E-state index is 12.7. The number of hydrogen-bond donors (Lipinski definition) is 0. The Morgan fingerprint density at radius 2 is 2.13 bits per heavy atom. The quantitative estimate of drug-likeness (QED) is 0.834. The standard InChI is InChI=1S/C16H19N5O2/c1-10-6-14(20-12(3)19-10)15-8-21(4-5-23-15)16(22)13-7-17-9-18-11(13)2/h6-7,9,15H,4-5,8H2,1-3H3. The average molecular weight is 313 g/mol. The van der Waals surface area contributed by atoms with Gasteiger partial charge < -0.3 is 9.64 Å². The second-order valence-corrected chi connectivity index (χ2v) is 5.61. The minimum atomic E-state index is -0.238. The summed E-state index contributed by atoms with van der Waals surface area (Å²) in [6.45, 7) is 7.08. The first-order valence-electron chi connectivity index (χ1n) is 7.54. The van der Waals surface area contributed by atoms with Gasteiger partial charge in [-0.2, -0.15) is 0 Å². The van der Waals surface area contributed by atoms with Crippen molar-refractivity contribution in [1.82, 2.24) is 24.8 Å². The monoisotopic (exact) mass is 313 g/mol. The Kier molecular flexibility index (Phi) is 4.29. The van der Waals surface area contributed by atoms with Gasteiger partial charge in [-0.25, -0.2) is 19.9 Å². The van der Waals surface area contributed by atoms with Crippen molar-refractivity contribution in [3.05, 3.63) is 47.1 Å². The fourth-order valence-corrected chi connectivity index (χ4v) is 2.69. The molecule has 1 fully saturated rings. The molecule has 1 saturated heterocycles. The Labute approximate surface area is 134 Å². The van der Waals surface area contributed by atoms with Gasteiger partial charge in [-0.15, -0.1) is 0 Å². The summed E-state index contributed by atoms with van der Waals surface area (Å²) in [4.78, 5) is 31.2.